The van der Waals surface area contributed by atoms with Crippen LogP contribution in [0.15, 0.2) is 38.3 Å². The molecule has 11 heteroatoms. The largest absolute Gasteiger partial charge is 0.467 e. The fourth-order valence-corrected chi connectivity index (χ4v) is 3.05. The van der Waals surface area contributed by atoms with E-state index in [2.05, 4.69) is 36.2 Å². The van der Waals surface area contributed by atoms with Gasteiger partial charge in [0.1, 0.15) is 11.3 Å². The van der Waals surface area contributed by atoms with E-state index in [4.69, 9.17) is 4.74 Å². The average Bonchev–Trinajstić information content (AvgIpc) is 3.14. The first kappa shape index (κ1) is 20.5. The number of rotatable bonds is 6. The molecule has 2 heterocycles. The van der Waals surface area contributed by atoms with Crippen LogP contribution in [0, 0.1) is 0 Å². The molecule has 3 rings (SSSR count). The third kappa shape index (κ3) is 4.45. The van der Waals surface area contributed by atoms with E-state index in [0.717, 1.165) is 4.47 Å². The van der Waals surface area contributed by atoms with E-state index in [1.165, 1.54) is 18.7 Å². The highest BCUT2D eigenvalue weighted by molar-refractivity contribution is 9.10. The van der Waals surface area contributed by atoms with Crippen molar-refractivity contribution in [3.8, 4) is 0 Å². The van der Waals surface area contributed by atoms with Crippen molar-refractivity contribution in [3.63, 3.8) is 0 Å². The number of aromatic amines is 2. The number of aromatic nitrogens is 4. The number of imidazole rings is 1. The summed E-state index contributed by atoms with van der Waals surface area (Å²) in [6, 6.07) is 5.98. The first-order valence-electron chi connectivity index (χ1n) is 8.60. The van der Waals surface area contributed by atoms with Crippen molar-refractivity contribution in [2.45, 2.75) is 18.9 Å². The van der Waals surface area contributed by atoms with Gasteiger partial charge < -0.3 is 15.0 Å². The first-order valence-corrected chi connectivity index (χ1v) is 9.40. The fraction of sp³-hybridized carbons (Fsp3) is 0.278. The van der Waals surface area contributed by atoms with Gasteiger partial charge in [0, 0.05) is 24.4 Å². The molecule has 1 unspecified atom stereocenters. The van der Waals surface area contributed by atoms with Gasteiger partial charge in [-0.25, -0.2) is 14.6 Å². The predicted molar refractivity (Wildman–Crippen MR) is 107 cm³/mol. The molecule has 0 aliphatic rings. The van der Waals surface area contributed by atoms with Crippen molar-refractivity contribution in [1.29, 1.82) is 0 Å². The summed E-state index contributed by atoms with van der Waals surface area (Å²) < 4.78 is 6.83. The zero-order valence-electron chi connectivity index (χ0n) is 15.6. The molecule has 0 radical (unpaired) electrons. The predicted octanol–water partition coefficient (Wildman–Crippen LogP) is 0.675. The summed E-state index contributed by atoms with van der Waals surface area (Å²) in [5, 5.41) is 2.65. The van der Waals surface area contributed by atoms with Crippen LogP contribution in [-0.4, -0.2) is 38.5 Å². The van der Waals surface area contributed by atoms with Gasteiger partial charge in [0.2, 0.25) is 5.91 Å². The highest BCUT2D eigenvalue weighted by Crippen LogP contribution is 2.18. The molecule has 29 heavy (non-hydrogen) atoms. The van der Waals surface area contributed by atoms with Crippen LogP contribution in [0.3, 0.4) is 0 Å². The summed E-state index contributed by atoms with van der Waals surface area (Å²) in [5.74, 6) is -0.613. The fourth-order valence-electron chi connectivity index (χ4n) is 2.79. The lowest BCUT2D eigenvalue weighted by molar-refractivity contribution is -0.145. The average molecular weight is 464 g/mol. The molecule has 1 aromatic carbocycles. The number of halogens is 1. The number of hydrogen-bond donors (Lipinski definition) is 3. The lowest BCUT2D eigenvalue weighted by Gasteiger charge is -2.17. The van der Waals surface area contributed by atoms with Gasteiger partial charge >= 0.3 is 11.7 Å². The second kappa shape index (κ2) is 8.43. The van der Waals surface area contributed by atoms with Crippen molar-refractivity contribution in [2.75, 3.05) is 7.11 Å². The smallest absolute Gasteiger partial charge is 0.333 e. The number of ether oxygens (including phenoxy) is 1. The Morgan fingerprint density at radius 1 is 1.24 bits per heavy atom. The van der Waals surface area contributed by atoms with Crippen molar-refractivity contribution < 1.29 is 14.3 Å². The maximum atomic E-state index is 12.4. The van der Waals surface area contributed by atoms with Crippen LogP contribution in [0.2, 0.25) is 0 Å². The van der Waals surface area contributed by atoms with E-state index in [0.29, 0.717) is 11.4 Å². The van der Waals surface area contributed by atoms with Gasteiger partial charge in [-0.2, -0.15) is 0 Å². The number of benzene rings is 1. The molecule has 0 fully saturated rings. The number of amides is 1. The van der Waals surface area contributed by atoms with Gasteiger partial charge in [0.15, 0.2) is 11.7 Å². The Morgan fingerprint density at radius 2 is 1.93 bits per heavy atom. The van der Waals surface area contributed by atoms with Crippen molar-refractivity contribution in [1.82, 2.24) is 24.8 Å². The van der Waals surface area contributed by atoms with Crippen LogP contribution < -0.4 is 16.6 Å². The Morgan fingerprint density at radius 3 is 2.59 bits per heavy atom. The molecule has 0 saturated carbocycles. The number of aryl methyl sites for hydroxylation is 2. The third-order valence-electron chi connectivity index (χ3n) is 4.34. The Balaban J connectivity index is 1.73. The summed E-state index contributed by atoms with van der Waals surface area (Å²) in [7, 11) is 2.73. The SMILES string of the molecule is COC(=O)C(NC(=O)CCc1nc2c([nH]1)c(=O)[nH]c(=O)n2C)c1ccc(Br)cc1. The molecule has 0 spiro atoms. The van der Waals surface area contributed by atoms with Gasteiger partial charge in [-0.3, -0.25) is 19.1 Å². The summed E-state index contributed by atoms with van der Waals surface area (Å²) in [5.41, 5.74) is -0.207. The van der Waals surface area contributed by atoms with Crippen LogP contribution in [0.5, 0.6) is 0 Å². The lowest BCUT2D eigenvalue weighted by atomic mass is 10.1. The molecule has 0 aliphatic heterocycles. The number of esters is 1. The number of methoxy groups -OCH3 is 1. The van der Waals surface area contributed by atoms with E-state index < -0.39 is 29.2 Å². The minimum Gasteiger partial charge on any atom is -0.467 e. The molecular weight excluding hydrogens is 446 g/mol. The monoisotopic (exact) mass is 463 g/mol. The first-order chi connectivity index (χ1) is 13.8. The minimum absolute atomic E-state index is 0.00962. The summed E-state index contributed by atoms with van der Waals surface area (Å²) >= 11 is 3.32. The molecule has 3 N–H and O–H groups in total. The van der Waals surface area contributed by atoms with Crippen molar-refractivity contribution in [2.24, 2.45) is 7.05 Å². The highest BCUT2D eigenvalue weighted by atomic mass is 79.9. The molecule has 0 saturated heterocycles. The lowest BCUT2D eigenvalue weighted by Crippen LogP contribution is -2.34. The second-order valence-electron chi connectivity index (χ2n) is 6.28. The molecular formula is C18H18BrN5O5. The molecule has 10 nitrogen and oxygen atoms in total. The van der Waals surface area contributed by atoms with E-state index in [-0.39, 0.29) is 24.0 Å². The van der Waals surface area contributed by atoms with Crippen LogP contribution in [0.25, 0.3) is 11.2 Å². The summed E-state index contributed by atoms with van der Waals surface area (Å²) in [6.07, 6.45) is 0.193. The maximum absolute atomic E-state index is 12.4. The molecule has 0 bridgehead atoms. The number of hydrogen-bond acceptors (Lipinski definition) is 6. The van der Waals surface area contributed by atoms with Crippen LogP contribution in [-0.2, 0) is 27.8 Å². The number of fused-ring (bicyclic) bond motifs is 1. The maximum Gasteiger partial charge on any atom is 0.333 e. The van der Waals surface area contributed by atoms with Gasteiger partial charge in [-0.05, 0) is 17.7 Å². The van der Waals surface area contributed by atoms with Crippen LogP contribution >= 0.6 is 15.9 Å². The van der Waals surface area contributed by atoms with Crippen molar-refractivity contribution >= 4 is 39.0 Å². The Labute approximate surface area is 172 Å². The molecule has 1 amide bonds. The van der Waals surface area contributed by atoms with E-state index in [1.54, 1.807) is 24.3 Å². The standard InChI is InChI=1S/C18H18BrN5O5/c1-24-15-14(16(26)23-18(24)28)20-11(21-15)7-8-12(25)22-13(17(27)29-2)9-3-5-10(19)6-4-9/h3-6,13H,7-8H2,1-2H3,(H,20,21)(H,22,25)(H,23,26,28). The summed E-state index contributed by atoms with van der Waals surface area (Å²) in [4.78, 5) is 57.2. The number of carbonyl (C=O) groups is 2. The Bertz CT molecular complexity index is 1180. The zero-order chi connectivity index (χ0) is 21.1. The van der Waals surface area contributed by atoms with Gasteiger partial charge in [0.25, 0.3) is 5.56 Å². The highest BCUT2D eigenvalue weighted by Gasteiger charge is 2.23. The van der Waals surface area contributed by atoms with E-state index in [1.807, 2.05) is 0 Å². The number of H-pyrrole nitrogens is 2. The third-order valence-corrected chi connectivity index (χ3v) is 4.87. The number of carbonyl (C=O) groups excluding carboxylic acids is 2. The topological polar surface area (TPSA) is 139 Å². The molecule has 1 atom stereocenters. The zero-order valence-corrected chi connectivity index (χ0v) is 17.2. The quantitative estimate of drug-likeness (QED) is 0.459. The Hall–Kier alpha value is -3.21. The van der Waals surface area contributed by atoms with Crippen LogP contribution in [0.1, 0.15) is 23.9 Å². The van der Waals surface area contributed by atoms with E-state index >= 15 is 0 Å². The second-order valence-corrected chi connectivity index (χ2v) is 7.19. The van der Waals surface area contributed by atoms with Gasteiger partial charge in [-0.1, -0.05) is 28.1 Å². The summed E-state index contributed by atoms with van der Waals surface area (Å²) in [6.45, 7) is 0. The minimum atomic E-state index is -0.945. The number of nitrogens with zero attached hydrogens (tertiary/aromatic N) is 2. The molecule has 0 aliphatic carbocycles. The van der Waals surface area contributed by atoms with Crippen molar-refractivity contribution in [3.05, 3.63) is 61.0 Å². The number of nitrogens with one attached hydrogen (secondary N) is 3. The molecule has 3 aromatic rings. The van der Waals surface area contributed by atoms with E-state index in [9.17, 15) is 19.2 Å². The van der Waals surface area contributed by atoms with Gasteiger partial charge in [0.05, 0.1) is 7.11 Å². The molecule has 2 aromatic heterocycles. The van der Waals surface area contributed by atoms with Crippen LogP contribution in [0.4, 0.5) is 0 Å². The van der Waals surface area contributed by atoms with Gasteiger partial charge in [-0.15, -0.1) is 0 Å². The molecule has 152 valence electrons. The Kier molecular flexibility index (Phi) is 5.97. The normalized spacial score (nSPS) is 12.0.